The second kappa shape index (κ2) is 8.25. The summed E-state index contributed by atoms with van der Waals surface area (Å²) >= 11 is 1.55. The average molecular weight is 430 g/mol. The van der Waals surface area contributed by atoms with Gasteiger partial charge in [0.05, 0.1) is 0 Å². The molecule has 0 bridgehead atoms. The molecule has 1 atom stereocenters. The van der Waals surface area contributed by atoms with Gasteiger partial charge in [-0.3, -0.25) is 14.3 Å². The molecule has 1 aliphatic rings. The first-order valence-corrected chi connectivity index (χ1v) is 11.2. The van der Waals surface area contributed by atoms with Gasteiger partial charge in [-0.15, -0.1) is 0 Å². The van der Waals surface area contributed by atoms with Crippen LogP contribution >= 0.6 is 11.8 Å². The van der Waals surface area contributed by atoms with Crippen molar-refractivity contribution >= 4 is 28.9 Å². The van der Waals surface area contributed by atoms with E-state index >= 15 is 0 Å². The van der Waals surface area contributed by atoms with Crippen LogP contribution in [0, 0.1) is 19.8 Å². The predicted octanol–water partition coefficient (Wildman–Crippen LogP) is 1.86. The smallest absolute Gasteiger partial charge is 0.329 e. The average Bonchev–Trinajstić information content (AvgIpc) is 3.06. The molecule has 0 aromatic carbocycles. The highest BCUT2D eigenvalue weighted by molar-refractivity contribution is 7.99. The molecule has 1 unspecified atom stereocenters. The first kappa shape index (κ1) is 20.6. The molecule has 9 nitrogen and oxygen atoms in total. The highest BCUT2D eigenvalue weighted by Gasteiger charge is 2.24. The van der Waals surface area contributed by atoms with E-state index in [9.17, 15) is 9.59 Å². The topological polar surface area (TPSA) is 102 Å². The van der Waals surface area contributed by atoms with Crippen molar-refractivity contribution in [3.05, 3.63) is 38.3 Å². The Morgan fingerprint density at radius 1 is 1.20 bits per heavy atom. The molecule has 160 valence electrons. The van der Waals surface area contributed by atoms with Gasteiger partial charge in [-0.05, 0) is 38.7 Å². The second-order valence-electron chi connectivity index (χ2n) is 8.03. The highest BCUT2D eigenvalue weighted by atomic mass is 32.2. The Morgan fingerprint density at radius 2 is 1.93 bits per heavy atom. The fourth-order valence-corrected chi connectivity index (χ4v) is 4.91. The molecule has 0 saturated carbocycles. The number of nitrogens with one attached hydrogen (secondary N) is 1. The van der Waals surface area contributed by atoms with Gasteiger partial charge in [-0.25, -0.2) is 14.8 Å². The molecule has 3 aromatic heterocycles. The summed E-state index contributed by atoms with van der Waals surface area (Å²) in [4.78, 5) is 43.1. The lowest BCUT2D eigenvalue weighted by Crippen LogP contribution is -2.36. The number of nitrogens with zero attached hydrogens (tertiary/aromatic N) is 6. The van der Waals surface area contributed by atoms with Crippen molar-refractivity contribution in [2.24, 2.45) is 13.0 Å². The molecule has 0 aliphatic carbocycles. The van der Waals surface area contributed by atoms with E-state index in [2.05, 4.69) is 26.8 Å². The Morgan fingerprint density at radius 3 is 2.63 bits per heavy atom. The Labute approximate surface area is 178 Å². The van der Waals surface area contributed by atoms with Crippen molar-refractivity contribution in [2.45, 2.75) is 45.3 Å². The second-order valence-corrected chi connectivity index (χ2v) is 9.09. The lowest BCUT2D eigenvalue weighted by atomic mass is 10.0. The molecule has 4 heterocycles. The molecule has 0 spiro atoms. The zero-order valence-electron chi connectivity index (χ0n) is 17.8. The zero-order chi connectivity index (χ0) is 21.4. The number of imidazole rings is 1. The van der Waals surface area contributed by atoms with Gasteiger partial charge in [0, 0.05) is 43.8 Å². The van der Waals surface area contributed by atoms with Crippen LogP contribution < -0.4 is 16.1 Å². The van der Waals surface area contributed by atoms with Crippen LogP contribution in [0.15, 0.2) is 20.8 Å². The van der Waals surface area contributed by atoms with E-state index < -0.39 is 11.2 Å². The normalized spacial score (nSPS) is 17.1. The van der Waals surface area contributed by atoms with Crippen molar-refractivity contribution in [2.75, 3.05) is 23.7 Å². The molecular formula is C20H27N7O2S. The highest BCUT2D eigenvalue weighted by Crippen LogP contribution is 2.26. The van der Waals surface area contributed by atoms with E-state index in [1.165, 1.54) is 11.0 Å². The number of H-pyrrole nitrogens is 1. The van der Waals surface area contributed by atoms with Gasteiger partial charge in [0.15, 0.2) is 16.3 Å². The Balaban J connectivity index is 1.70. The summed E-state index contributed by atoms with van der Waals surface area (Å²) in [7, 11) is 1.64. The van der Waals surface area contributed by atoms with Crippen LogP contribution in [0.4, 0.5) is 5.95 Å². The standard InChI is InChI=1S/C20H27N7O2S/c1-12-6-5-7-26(11-12)19-23-16-15(17(28)24-20(29)25(16)4)27(19)8-9-30-18-21-13(2)10-14(3)22-18/h10,12H,5-9,11H2,1-4H3,(H,24,28,29). The molecule has 3 aromatic rings. The van der Waals surface area contributed by atoms with Gasteiger partial charge in [-0.2, -0.15) is 4.98 Å². The van der Waals surface area contributed by atoms with Gasteiger partial charge in [0.25, 0.3) is 5.56 Å². The number of hydrogen-bond donors (Lipinski definition) is 1. The molecule has 1 N–H and O–H groups in total. The van der Waals surface area contributed by atoms with Gasteiger partial charge < -0.3 is 9.47 Å². The lowest BCUT2D eigenvalue weighted by molar-refractivity contribution is 0.438. The molecule has 30 heavy (non-hydrogen) atoms. The van der Waals surface area contributed by atoms with Crippen LogP contribution in [0.25, 0.3) is 11.2 Å². The maximum Gasteiger partial charge on any atom is 0.329 e. The fourth-order valence-electron chi connectivity index (χ4n) is 4.03. The van der Waals surface area contributed by atoms with Crippen LogP contribution in [-0.4, -0.2) is 47.9 Å². The van der Waals surface area contributed by atoms with Gasteiger partial charge in [0.2, 0.25) is 5.95 Å². The van der Waals surface area contributed by atoms with Crippen LogP contribution in [0.3, 0.4) is 0 Å². The summed E-state index contributed by atoms with van der Waals surface area (Å²) in [6.45, 7) is 8.50. The van der Waals surface area contributed by atoms with E-state index in [0.717, 1.165) is 42.0 Å². The molecule has 1 fully saturated rings. The van der Waals surface area contributed by atoms with Crippen molar-refractivity contribution in [3.63, 3.8) is 0 Å². The Kier molecular flexibility index (Phi) is 5.68. The van der Waals surface area contributed by atoms with Crippen LogP contribution in [0.2, 0.25) is 0 Å². The molecular weight excluding hydrogens is 402 g/mol. The minimum Gasteiger partial charge on any atom is -0.342 e. The number of aryl methyl sites for hydroxylation is 4. The van der Waals surface area contributed by atoms with Gasteiger partial charge in [0.1, 0.15) is 0 Å². The summed E-state index contributed by atoms with van der Waals surface area (Å²) < 4.78 is 3.35. The number of thioether (sulfide) groups is 1. The third kappa shape index (κ3) is 4.00. The summed E-state index contributed by atoms with van der Waals surface area (Å²) in [6.07, 6.45) is 2.28. The van der Waals surface area contributed by atoms with Gasteiger partial charge in [-0.1, -0.05) is 18.7 Å². The molecule has 1 aliphatic heterocycles. The van der Waals surface area contributed by atoms with E-state index in [-0.39, 0.29) is 0 Å². The third-order valence-corrected chi connectivity index (χ3v) is 6.26. The number of aromatic nitrogens is 6. The Hall–Kier alpha value is -2.62. The van der Waals surface area contributed by atoms with Crippen LogP contribution in [0.1, 0.15) is 31.2 Å². The number of anilines is 1. The minimum atomic E-state index is -0.450. The summed E-state index contributed by atoms with van der Waals surface area (Å²) in [6, 6.07) is 1.95. The van der Waals surface area contributed by atoms with Crippen molar-refractivity contribution in [3.8, 4) is 0 Å². The number of aromatic amines is 1. The summed E-state index contributed by atoms with van der Waals surface area (Å²) in [5.41, 5.74) is 1.88. The van der Waals surface area contributed by atoms with E-state index in [1.54, 1.807) is 18.8 Å². The van der Waals surface area contributed by atoms with Crippen LogP contribution in [0.5, 0.6) is 0 Å². The van der Waals surface area contributed by atoms with E-state index in [1.807, 2.05) is 24.5 Å². The quantitative estimate of drug-likeness (QED) is 0.488. The predicted molar refractivity (Wildman–Crippen MR) is 118 cm³/mol. The summed E-state index contributed by atoms with van der Waals surface area (Å²) in [5.74, 6) is 2.00. The van der Waals surface area contributed by atoms with E-state index in [4.69, 9.17) is 4.98 Å². The number of rotatable bonds is 5. The molecule has 4 rings (SSSR count). The number of fused-ring (bicyclic) bond motifs is 1. The monoisotopic (exact) mass is 429 g/mol. The summed E-state index contributed by atoms with van der Waals surface area (Å²) in [5, 5.41) is 0.728. The maximum atomic E-state index is 12.7. The van der Waals surface area contributed by atoms with E-state index in [0.29, 0.717) is 29.4 Å². The molecule has 0 radical (unpaired) electrons. The zero-order valence-corrected chi connectivity index (χ0v) is 18.6. The maximum absolute atomic E-state index is 12.7. The lowest BCUT2D eigenvalue weighted by Gasteiger charge is -2.32. The van der Waals surface area contributed by atoms with Gasteiger partial charge >= 0.3 is 5.69 Å². The SMILES string of the molecule is Cc1cc(C)nc(SCCn2c(N3CCCC(C)C3)nc3c2c(=O)[nH]c(=O)n3C)n1. The first-order valence-electron chi connectivity index (χ1n) is 10.2. The minimum absolute atomic E-state index is 0.399. The third-order valence-electron chi connectivity index (χ3n) is 5.43. The molecule has 0 amide bonds. The fraction of sp³-hybridized carbons (Fsp3) is 0.550. The van der Waals surface area contributed by atoms with Crippen molar-refractivity contribution in [1.82, 2.24) is 29.1 Å². The number of piperidine rings is 1. The molecule has 10 heteroatoms. The van der Waals surface area contributed by atoms with Crippen molar-refractivity contribution < 1.29 is 0 Å². The van der Waals surface area contributed by atoms with Crippen LogP contribution in [-0.2, 0) is 13.6 Å². The number of hydrogen-bond acceptors (Lipinski definition) is 7. The Bertz CT molecular complexity index is 1180. The van der Waals surface area contributed by atoms with Crippen molar-refractivity contribution in [1.29, 1.82) is 0 Å². The first-order chi connectivity index (χ1) is 14.3. The largest absolute Gasteiger partial charge is 0.342 e. The molecule has 1 saturated heterocycles.